The van der Waals surface area contributed by atoms with Crippen LogP contribution in [0.5, 0.6) is 0 Å². The second-order valence-corrected chi connectivity index (χ2v) is 8.29. The Bertz CT molecular complexity index is 931. The summed E-state index contributed by atoms with van der Waals surface area (Å²) in [5.41, 5.74) is 2.40. The van der Waals surface area contributed by atoms with E-state index in [-0.39, 0.29) is 5.75 Å². The number of hydrazine groups is 1. The van der Waals surface area contributed by atoms with Crippen molar-refractivity contribution in [1.29, 1.82) is 0 Å². The molecule has 2 fully saturated rings. The summed E-state index contributed by atoms with van der Waals surface area (Å²) in [6.45, 7) is 1.67. The molecule has 1 atom stereocenters. The van der Waals surface area contributed by atoms with Gasteiger partial charge in [0.05, 0.1) is 11.8 Å². The van der Waals surface area contributed by atoms with Crippen molar-refractivity contribution in [2.24, 2.45) is 0 Å². The van der Waals surface area contributed by atoms with Gasteiger partial charge in [-0.3, -0.25) is 15.0 Å². The highest BCUT2D eigenvalue weighted by Gasteiger charge is 2.48. The van der Waals surface area contributed by atoms with Crippen molar-refractivity contribution in [1.82, 2.24) is 36.0 Å². The summed E-state index contributed by atoms with van der Waals surface area (Å²) in [6.07, 6.45) is 3.10. The second-order valence-electron chi connectivity index (χ2n) is 7.35. The Balaban J connectivity index is 1.32. The second kappa shape index (κ2) is 7.82. The van der Waals surface area contributed by atoms with Crippen LogP contribution in [-0.4, -0.2) is 54.4 Å². The number of amides is 4. The molecule has 1 aliphatic carbocycles. The fourth-order valence-electron chi connectivity index (χ4n) is 3.11. The van der Waals surface area contributed by atoms with Crippen LogP contribution < -0.4 is 10.7 Å². The molecule has 2 aromatic rings. The molecule has 0 unspecified atom stereocenters. The minimum Gasteiger partial charge on any atom is -0.322 e. The third kappa shape index (κ3) is 4.24. The van der Waals surface area contributed by atoms with Gasteiger partial charge in [0.15, 0.2) is 0 Å². The minimum atomic E-state index is -1.07. The van der Waals surface area contributed by atoms with Crippen LogP contribution in [-0.2, 0) is 16.0 Å². The SMILES string of the molecule is C[C@@]1(CCc2ccccc2)NC(=O)N(NC(=O)CSc2nnnn2C2CC2)C1=O. The van der Waals surface area contributed by atoms with Gasteiger partial charge in [0, 0.05) is 0 Å². The lowest BCUT2D eigenvalue weighted by molar-refractivity contribution is -0.138. The standard InChI is InChI=1S/C18H21N7O3S/c1-18(10-9-12-5-3-2-4-6-12)15(27)25(16(28)19-18)21-14(26)11-29-17-20-22-23-24(17)13-7-8-13/h2-6,13H,7-11H2,1H3,(H,19,28)(H,21,26)/t18-/m0/s1. The van der Waals surface area contributed by atoms with Crippen LogP contribution in [0.1, 0.15) is 37.8 Å². The molecule has 2 N–H and O–H groups in total. The Morgan fingerprint density at radius 3 is 2.79 bits per heavy atom. The molecule has 29 heavy (non-hydrogen) atoms. The lowest BCUT2D eigenvalue weighted by atomic mass is 9.93. The van der Waals surface area contributed by atoms with Gasteiger partial charge in [-0.25, -0.2) is 9.48 Å². The zero-order chi connectivity index (χ0) is 20.4. The van der Waals surface area contributed by atoms with E-state index < -0.39 is 23.4 Å². The number of rotatable bonds is 8. The van der Waals surface area contributed by atoms with Crippen LogP contribution in [0.3, 0.4) is 0 Å². The van der Waals surface area contributed by atoms with Crippen LogP contribution in [0.15, 0.2) is 35.5 Å². The lowest BCUT2D eigenvalue weighted by Crippen LogP contribution is -2.49. The first-order valence-corrected chi connectivity index (χ1v) is 10.4. The van der Waals surface area contributed by atoms with Gasteiger partial charge in [0.2, 0.25) is 11.1 Å². The Hall–Kier alpha value is -2.95. The normalized spacial score (nSPS) is 21.3. The lowest BCUT2D eigenvalue weighted by Gasteiger charge is -2.21. The average molecular weight is 415 g/mol. The van der Waals surface area contributed by atoms with Gasteiger partial charge in [-0.2, -0.15) is 5.01 Å². The van der Waals surface area contributed by atoms with E-state index in [1.54, 1.807) is 11.6 Å². The summed E-state index contributed by atoms with van der Waals surface area (Å²) in [5.74, 6) is -0.957. The van der Waals surface area contributed by atoms with Gasteiger partial charge >= 0.3 is 6.03 Å². The first-order valence-electron chi connectivity index (χ1n) is 9.37. The van der Waals surface area contributed by atoms with Crippen LogP contribution in [0, 0.1) is 0 Å². The van der Waals surface area contributed by atoms with E-state index >= 15 is 0 Å². The molecule has 1 aromatic carbocycles. The van der Waals surface area contributed by atoms with Crippen molar-refractivity contribution in [2.45, 2.75) is 49.3 Å². The zero-order valence-electron chi connectivity index (χ0n) is 15.9. The van der Waals surface area contributed by atoms with Gasteiger partial charge in [0.25, 0.3) is 5.91 Å². The molecule has 0 radical (unpaired) electrons. The van der Waals surface area contributed by atoms with Crippen molar-refractivity contribution in [3.05, 3.63) is 35.9 Å². The van der Waals surface area contributed by atoms with E-state index in [4.69, 9.17) is 0 Å². The van der Waals surface area contributed by atoms with E-state index in [0.29, 0.717) is 24.0 Å². The number of carbonyl (C=O) groups is 3. The third-order valence-electron chi connectivity index (χ3n) is 4.94. The van der Waals surface area contributed by atoms with Crippen molar-refractivity contribution >= 4 is 29.6 Å². The molecule has 4 amide bonds. The van der Waals surface area contributed by atoms with Crippen LogP contribution in [0.4, 0.5) is 4.79 Å². The summed E-state index contributed by atoms with van der Waals surface area (Å²) in [7, 11) is 0. The number of nitrogens with one attached hydrogen (secondary N) is 2. The molecular weight excluding hydrogens is 394 g/mol. The summed E-state index contributed by atoms with van der Waals surface area (Å²) in [5, 5.41) is 15.5. The average Bonchev–Trinajstić information content (AvgIpc) is 3.41. The molecule has 1 aromatic heterocycles. The predicted octanol–water partition coefficient (Wildman–Crippen LogP) is 1.07. The van der Waals surface area contributed by atoms with E-state index in [1.807, 2.05) is 30.3 Å². The van der Waals surface area contributed by atoms with Crippen molar-refractivity contribution in [3.63, 3.8) is 0 Å². The first-order chi connectivity index (χ1) is 14.0. The van der Waals surface area contributed by atoms with Crippen LogP contribution in [0.25, 0.3) is 0 Å². The molecule has 152 valence electrons. The van der Waals surface area contributed by atoms with E-state index in [9.17, 15) is 14.4 Å². The number of urea groups is 1. The zero-order valence-corrected chi connectivity index (χ0v) is 16.7. The van der Waals surface area contributed by atoms with Crippen molar-refractivity contribution in [3.8, 4) is 0 Å². The highest BCUT2D eigenvalue weighted by Crippen LogP contribution is 2.36. The molecular formula is C18H21N7O3S. The van der Waals surface area contributed by atoms with Crippen molar-refractivity contribution < 1.29 is 14.4 Å². The largest absolute Gasteiger partial charge is 0.344 e. The molecule has 1 saturated carbocycles. The number of hydrogen-bond donors (Lipinski definition) is 2. The first kappa shape index (κ1) is 19.4. The fraction of sp³-hybridized carbons (Fsp3) is 0.444. The molecule has 2 aliphatic rings. The van der Waals surface area contributed by atoms with Gasteiger partial charge in [-0.1, -0.05) is 42.1 Å². The molecule has 1 aliphatic heterocycles. The Labute approximate surface area is 171 Å². The van der Waals surface area contributed by atoms with Gasteiger partial charge in [-0.15, -0.1) is 5.10 Å². The maximum atomic E-state index is 12.8. The third-order valence-corrected chi connectivity index (χ3v) is 5.88. The summed E-state index contributed by atoms with van der Waals surface area (Å²) >= 11 is 1.17. The van der Waals surface area contributed by atoms with Crippen LogP contribution >= 0.6 is 11.8 Å². The Kier molecular flexibility index (Phi) is 5.22. The number of thioether (sulfide) groups is 1. The number of nitrogens with zero attached hydrogens (tertiary/aromatic N) is 5. The van der Waals surface area contributed by atoms with E-state index in [0.717, 1.165) is 23.4 Å². The highest BCUT2D eigenvalue weighted by atomic mass is 32.2. The number of hydrogen-bond acceptors (Lipinski definition) is 7. The quantitative estimate of drug-likeness (QED) is 0.488. The van der Waals surface area contributed by atoms with Crippen LogP contribution in [0.2, 0.25) is 0 Å². The van der Waals surface area contributed by atoms with Gasteiger partial charge in [0.1, 0.15) is 5.54 Å². The summed E-state index contributed by atoms with van der Waals surface area (Å²) in [4.78, 5) is 37.3. The predicted molar refractivity (Wildman–Crippen MR) is 104 cm³/mol. The monoisotopic (exact) mass is 415 g/mol. The molecule has 4 rings (SSSR count). The molecule has 10 nitrogen and oxygen atoms in total. The van der Waals surface area contributed by atoms with Gasteiger partial charge in [-0.05, 0) is 48.6 Å². The molecule has 1 saturated heterocycles. The number of aryl methyl sites for hydroxylation is 1. The molecule has 11 heteroatoms. The Morgan fingerprint density at radius 1 is 1.31 bits per heavy atom. The molecule has 0 bridgehead atoms. The summed E-state index contributed by atoms with van der Waals surface area (Å²) < 4.78 is 1.70. The number of aromatic nitrogens is 4. The number of tetrazole rings is 1. The number of carbonyl (C=O) groups excluding carboxylic acids is 3. The maximum absolute atomic E-state index is 12.8. The Morgan fingerprint density at radius 2 is 2.07 bits per heavy atom. The number of imide groups is 1. The van der Waals surface area contributed by atoms with Gasteiger partial charge < -0.3 is 5.32 Å². The minimum absolute atomic E-state index is 0.00904. The van der Waals surface area contributed by atoms with E-state index in [2.05, 4.69) is 26.3 Å². The summed E-state index contributed by atoms with van der Waals surface area (Å²) in [6, 6.07) is 9.38. The maximum Gasteiger partial charge on any atom is 0.344 e. The van der Waals surface area contributed by atoms with Crippen molar-refractivity contribution in [2.75, 3.05) is 5.75 Å². The number of benzene rings is 1. The smallest absolute Gasteiger partial charge is 0.322 e. The molecule has 0 spiro atoms. The fourth-order valence-corrected chi connectivity index (χ4v) is 3.85. The van der Waals surface area contributed by atoms with E-state index in [1.165, 1.54) is 11.8 Å². The highest BCUT2D eigenvalue weighted by molar-refractivity contribution is 7.99. The molecule has 2 heterocycles. The topological polar surface area (TPSA) is 122 Å².